The number of hydrogen-bond acceptors (Lipinski definition) is 7. The number of carbonyl (C=O) groups excluding carboxylic acids is 3. The van der Waals surface area contributed by atoms with Crippen molar-refractivity contribution in [3.05, 3.63) is 35.2 Å². The van der Waals surface area contributed by atoms with Crippen LogP contribution in [0.3, 0.4) is 0 Å². The Bertz CT molecular complexity index is 696. The van der Waals surface area contributed by atoms with Gasteiger partial charge in [0.05, 0.1) is 12.0 Å². The van der Waals surface area contributed by atoms with E-state index in [1.54, 1.807) is 17.5 Å². The van der Waals surface area contributed by atoms with E-state index in [0.717, 1.165) is 5.69 Å². The highest BCUT2D eigenvalue weighted by Gasteiger charge is 2.11. The maximum atomic E-state index is 11.6. The van der Waals surface area contributed by atoms with E-state index in [9.17, 15) is 14.4 Å². The van der Waals surface area contributed by atoms with Gasteiger partial charge in [0.25, 0.3) is 11.8 Å². The lowest BCUT2D eigenvalue weighted by atomic mass is 10.3. The van der Waals surface area contributed by atoms with Crippen LogP contribution in [0.4, 0.5) is 5.13 Å². The molecule has 0 radical (unpaired) electrons. The molecule has 2 amide bonds. The number of anilines is 1. The first-order valence-corrected chi connectivity index (χ1v) is 8.12. The third-order valence-corrected chi connectivity index (χ3v) is 3.69. The van der Waals surface area contributed by atoms with Gasteiger partial charge in [-0.05, 0) is 25.5 Å². The van der Waals surface area contributed by atoms with Crippen molar-refractivity contribution >= 4 is 34.3 Å². The average Bonchev–Trinajstić information content (AvgIpc) is 3.21. The maximum absolute atomic E-state index is 11.6. The fourth-order valence-electron chi connectivity index (χ4n) is 1.71. The lowest BCUT2D eigenvalue weighted by Gasteiger charge is -2.05. The van der Waals surface area contributed by atoms with Crippen molar-refractivity contribution in [2.45, 2.75) is 19.8 Å². The van der Waals surface area contributed by atoms with Gasteiger partial charge in [-0.1, -0.05) is 0 Å². The second-order valence-electron chi connectivity index (χ2n) is 4.84. The summed E-state index contributed by atoms with van der Waals surface area (Å²) in [5.41, 5.74) is 0.809. The molecule has 24 heavy (non-hydrogen) atoms. The van der Waals surface area contributed by atoms with Crippen molar-refractivity contribution in [1.29, 1.82) is 0 Å². The molecule has 0 unspecified atom stereocenters. The number of rotatable bonds is 8. The largest absolute Gasteiger partial charge is 0.459 e. The number of aromatic nitrogens is 1. The van der Waals surface area contributed by atoms with Gasteiger partial charge in [-0.2, -0.15) is 0 Å². The number of amides is 2. The molecule has 0 aliphatic rings. The van der Waals surface area contributed by atoms with Crippen LogP contribution < -0.4 is 10.6 Å². The summed E-state index contributed by atoms with van der Waals surface area (Å²) >= 11 is 1.30. The number of furan rings is 1. The van der Waals surface area contributed by atoms with Crippen LogP contribution in [-0.2, 0) is 14.3 Å². The molecule has 9 heteroatoms. The molecular weight excluding hydrogens is 334 g/mol. The standard InChI is InChI=1S/C15H17N3O5S/c1-10-9-24-15(17-10)18-12(19)8-23-13(20)5-2-6-16-14(21)11-4-3-7-22-11/h3-4,7,9H,2,5-6,8H2,1H3,(H,16,21)(H,17,18,19). The van der Waals surface area contributed by atoms with Crippen LogP contribution in [0, 0.1) is 6.92 Å². The van der Waals surface area contributed by atoms with E-state index < -0.39 is 11.9 Å². The summed E-state index contributed by atoms with van der Waals surface area (Å²) in [6, 6.07) is 3.16. The summed E-state index contributed by atoms with van der Waals surface area (Å²) in [4.78, 5) is 38.8. The van der Waals surface area contributed by atoms with Crippen LogP contribution >= 0.6 is 11.3 Å². The highest BCUT2D eigenvalue weighted by molar-refractivity contribution is 7.13. The molecule has 2 heterocycles. The molecule has 8 nitrogen and oxygen atoms in total. The Hall–Kier alpha value is -2.68. The fourth-order valence-corrected chi connectivity index (χ4v) is 2.42. The van der Waals surface area contributed by atoms with Crippen LogP contribution in [0.5, 0.6) is 0 Å². The topological polar surface area (TPSA) is 111 Å². The molecule has 0 aliphatic heterocycles. The van der Waals surface area contributed by atoms with E-state index in [-0.39, 0.29) is 24.7 Å². The Kier molecular flexibility index (Phi) is 6.50. The molecule has 2 N–H and O–H groups in total. The van der Waals surface area contributed by atoms with E-state index in [0.29, 0.717) is 18.1 Å². The van der Waals surface area contributed by atoms with E-state index >= 15 is 0 Å². The van der Waals surface area contributed by atoms with Crippen molar-refractivity contribution in [2.24, 2.45) is 0 Å². The number of aryl methyl sites for hydroxylation is 1. The quantitative estimate of drug-likeness (QED) is 0.553. The Labute approximate surface area is 142 Å². The summed E-state index contributed by atoms with van der Waals surface area (Å²) in [6.45, 7) is 1.76. The van der Waals surface area contributed by atoms with Crippen LogP contribution in [-0.4, -0.2) is 35.9 Å². The van der Waals surface area contributed by atoms with Gasteiger partial charge in [0.1, 0.15) is 0 Å². The number of nitrogens with zero attached hydrogens (tertiary/aromatic N) is 1. The van der Waals surface area contributed by atoms with Gasteiger partial charge in [0.2, 0.25) is 0 Å². The van der Waals surface area contributed by atoms with Gasteiger partial charge >= 0.3 is 5.97 Å². The van der Waals surface area contributed by atoms with E-state index in [1.807, 2.05) is 6.92 Å². The van der Waals surface area contributed by atoms with E-state index in [2.05, 4.69) is 15.6 Å². The lowest BCUT2D eigenvalue weighted by molar-refractivity contribution is -0.147. The van der Waals surface area contributed by atoms with Crippen molar-refractivity contribution in [2.75, 3.05) is 18.5 Å². The Morgan fingerprint density at radius 1 is 1.38 bits per heavy atom. The maximum Gasteiger partial charge on any atom is 0.306 e. The zero-order valence-corrected chi connectivity index (χ0v) is 13.9. The van der Waals surface area contributed by atoms with Crippen molar-refractivity contribution in [1.82, 2.24) is 10.3 Å². The summed E-state index contributed by atoms with van der Waals surface area (Å²) < 4.78 is 9.79. The Morgan fingerprint density at radius 3 is 2.88 bits per heavy atom. The summed E-state index contributed by atoms with van der Waals surface area (Å²) in [7, 11) is 0. The molecular formula is C15H17N3O5S. The molecule has 2 aromatic rings. The molecule has 0 atom stereocenters. The zero-order valence-electron chi connectivity index (χ0n) is 13.0. The second-order valence-corrected chi connectivity index (χ2v) is 5.70. The molecule has 0 fully saturated rings. The van der Waals surface area contributed by atoms with Crippen LogP contribution in [0.1, 0.15) is 29.1 Å². The minimum atomic E-state index is -0.507. The third-order valence-electron chi connectivity index (χ3n) is 2.82. The Morgan fingerprint density at radius 2 is 2.21 bits per heavy atom. The second kappa shape index (κ2) is 8.82. The van der Waals surface area contributed by atoms with E-state index in [1.165, 1.54) is 17.6 Å². The van der Waals surface area contributed by atoms with Crippen molar-refractivity contribution in [3.8, 4) is 0 Å². The van der Waals surface area contributed by atoms with Crippen molar-refractivity contribution in [3.63, 3.8) is 0 Å². The third kappa shape index (κ3) is 5.84. The highest BCUT2D eigenvalue weighted by Crippen LogP contribution is 2.13. The Balaban J connectivity index is 1.56. The number of esters is 1. The van der Waals surface area contributed by atoms with Crippen LogP contribution in [0.15, 0.2) is 28.2 Å². The highest BCUT2D eigenvalue weighted by atomic mass is 32.1. The molecule has 0 spiro atoms. The van der Waals surface area contributed by atoms with Crippen molar-refractivity contribution < 1.29 is 23.5 Å². The summed E-state index contributed by atoms with van der Waals surface area (Å²) in [6.07, 6.45) is 1.91. The van der Waals surface area contributed by atoms with Crippen LogP contribution in [0.2, 0.25) is 0 Å². The monoisotopic (exact) mass is 351 g/mol. The number of hydrogen-bond donors (Lipinski definition) is 2. The molecule has 2 rings (SSSR count). The SMILES string of the molecule is Cc1csc(NC(=O)COC(=O)CCCNC(=O)c2ccco2)n1. The van der Waals surface area contributed by atoms with Gasteiger partial charge in [-0.3, -0.25) is 19.7 Å². The average molecular weight is 351 g/mol. The van der Waals surface area contributed by atoms with Gasteiger partial charge in [0, 0.05) is 18.3 Å². The molecule has 0 bridgehead atoms. The van der Waals surface area contributed by atoms with Gasteiger partial charge in [0.15, 0.2) is 17.5 Å². The fraction of sp³-hybridized carbons (Fsp3) is 0.333. The molecule has 128 valence electrons. The molecule has 2 aromatic heterocycles. The zero-order chi connectivity index (χ0) is 17.4. The predicted molar refractivity (Wildman–Crippen MR) is 86.7 cm³/mol. The first kappa shape index (κ1) is 17.7. The number of ether oxygens (including phenoxy) is 1. The van der Waals surface area contributed by atoms with Crippen LogP contribution in [0.25, 0.3) is 0 Å². The predicted octanol–water partition coefficient (Wildman–Crippen LogP) is 1.74. The van der Waals surface area contributed by atoms with Gasteiger partial charge in [-0.15, -0.1) is 11.3 Å². The normalized spacial score (nSPS) is 10.2. The van der Waals surface area contributed by atoms with Gasteiger partial charge < -0.3 is 14.5 Å². The van der Waals surface area contributed by atoms with E-state index in [4.69, 9.17) is 9.15 Å². The molecule has 0 saturated heterocycles. The molecule has 0 saturated carbocycles. The van der Waals surface area contributed by atoms with Gasteiger partial charge in [-0.25, -0.2) is 4.98 Å². The lowest BCUT2D eigenvalue weighted by Crippen LogP contribution is -2.25. The molecule has 0 aromatic carbocycles. The number of thiazole rings is 1. The number of nitrogens with one attached hydrogen (secondary N) is 2. The first-order valence-electron chi connectivity index (χ1n) is 7.24. The minimum Gasteiger partial charge on any atom is -0.459 e. The minimum absolute atomic E-state index is 0.0993. The molecule has 0 aliphatic carbocycles. The smallest absolute Gasteiger partial charge is 0.306 e. The summed E-state index contributed by atoms with van der Waals surface area (Å²) in [5.74, 6) is -1.07. The first-order chi connectivity index (χ1) is 11.5. The number of carbonyl (C=O) groups is 3. The summed E-state index contributed by atoms with van der Waals surface area (Å²) in [5, 5.41) is 7.42.